The van der Waals surface area contributed by atoms with E-state index in [1.54, 1.807) is 6.92 Å². The van der Waals surface area contributed by atoms with Crippen molar-refractivity contribution in [2.45, 2.75) is 38.8 Å². The first-order chi connectivity index (χ1) is 7.91. The van der Waals surface area contributed by atoms with Gasteiger partial charge in [-0.2, -0.15) is 0 Å². The predicted molar refractivity (Wildman–Crippen MR) is 72.4 cm³/mol. The molecule has 0 aliphatic carbocycles. The molecular weight excluding hydrogens is 256 g/mol. The van der Waals surface area contributed by atoms with Crippen LogP contribution in [0.15, 0.2) is 0 Å². The van der Waals surface area contributed by atoms with E-state index in [1.165, 1.54) is 0 Å². The lowest BCUT2D eigenvalue weighted by Gasteiger charge is -2.37. The maximum Gasteiger partial charge on any atom is 0.318 e. The number of likely N-dealkylation sites (tertiary alicyclic amines) is 1. The molecule has 0 aromatic rings. The number of hydrogen-bond acceptors (Lipinski definition) is 4. The molecule has 3 unspecified atom stereocenters. The van der Waals surface area contributed by atoms with Crippen LogP contribution in [-0.4, -0.2) is 42.0 Å². The minimum atomic E-state index is -0.803. The van der Waals surface area contributed by atoms with Crippen molar-refractivity contribution in [3.05, 3.63) is 0 Å². The topological polar surface area (TPSA) is 101 Å². The molecule has 1 fully saturated rings. The van der Waals surface area contributed by atoms with Crippen molar-refractivity contribution in [3.8, 4) is 0 Å². The van der Waals surface area contributed by atoms with E-state index in [0.29, 0.717) is 5.92 Å². The van der Waals surface area contributed by atoms with E-state index in [-0.39, 0.29) is 30.4 Å². The predicted octanol–water partition coefficient (Wildman–Crippen LogP) is 0.0508. The van der Waals surface area contributed by atoms with Gasteiger partial charge >= 0.3 is 6.03 Å². The van der Waals surface area contributed by atoms with E-state index < -0.39 is 6.03 Å². The first kappa shape index (κ1) is 17.2. The summed E-state index contributed by atoms with van der Waals surface area (Å²) in [4.78, 5) is 24.3. The van der Waals surface area contributed by atoms with Crippen molar-refractivity contribution in [2.75, 3.05) is 13.1 Å². The lowest BCUT2D eigenvalue weighted by Crippen LogP contribution is -2.52. The molecule has 3 amide bonds. The van der Waals surface area contributed by atoms with Crippen molar-refractivity contribution >= 4 is 24.3 Å². The highest BCUT2D eigenvalue weighted by Gasteiger charge is 2.29. The molecular formula is C11H23ClN4O2. The van der Waals surface area contributed by atoms with E-state index in [2.05, 4.69) is 10.2 Å². The fourth-order valence-electron chi connectivity index (χ4n) is 2.21. The lowest BCUT2D eigenvalue weighted by atomic mass is 9.91. The van der Waals surface area contributed by atoms with Crippen LogP contribution in [0.5, 0.6) is 0 Å². The Morgan fingerprint density at radius 3 is 2.50 bits per heavy atom. The summed E-state index contributed by atoms with van der Waals surface area (Å²) in [7, 11) is 0. The average Bonchev–Trinajstić information content (AvgIpc) is 2.27. The van der Waals surface area contributed by atoms with Gasteiger partial charge in [-0.15, -0.1) is 12.4 Å². The Hall–Kier alpha value is -0.850. The fourth-order valence-corrected chi connectivity index (χ4v) is 2.21. The minimum Gasteiger partial charge on any atom is -0.351 e. The number of amides is 3. The number of imide groups is 1. The van der Waals surface area contributed by atoms with Gasteiger partial charge in [0.05, 0.1) is 6.04 Å². The monoisotopic (exact) mass is 278 g/mol. The number of carbonyl (C=O) groups is 2. The first-order valence-electron chi connectivity index (χ1n) is 6.01. The van der Waals surface area contributed by atoms with Crippen LogP contribution in [0.25, 0.3) is 0 Å². The molecule has 1 saturated heterocycles. The van der Waals surface area contributed by atoms with E-state index >= 15 is 0 Å². The maximum absolute atomic E-state index is 11.6. The zero-order chi connectivity index (χ0) is 13.0. The lowest BCUT2D eigenvalue weighted by molar-refractivity contribution is -0.125. The Kier molecular flexibility index (Phi) is 7.20. The number of primary amides is 1. The number of hydrogen-bond donors (Lipinski definition) is 3. The highest BCUT2D eigenvalue weighted by Crippen LogP contribution is 2.20. The summed E-state index contributed by atoms with van der Waals surface area (Å²) < 4.78 is 0. The van der Waals surface area contributed by atoms with Crippen LogP contribution in [0, 0.1) is 5.92 Å². The van der Waals surface area contributed by atoms with Crippen LogP contribution >= 0.6 is 12.4 Å². The van der Waals surface area contributed by atoms with Gasteiger partial charge in [-0.05, 0) is 39.2 Å². The van der Waals surface area contributed by atoms with E-state index in [0.717, 1.165) is 25.9 Å². The van der Waals surface area contributed by atoms with Gasteiger partial charge < -0.3 is 11.5 Å². The number of urea groups is 1. The SMILES string of the molecule is CC(N)C1CCCN(C(C)C(=O)NC(N)=O)C1.Cl. The highest BCUT2D eigenvalue weighted by molar-refractivity contribution is 5.96. The van der Waals surface area contributed by atoms with E-state index in [4.69, 9.17) is 11.5 Å². The molecule has 0 spiro atoms. The Bertz CT molecular complexity index is 299. The number of nitrogens with one attached hydrogen (secondary N) is 1. The maximum atomic E-state index is 11.6. The largest absolute Gasteiger partial charge is 0.351 e. The molecule has 1 aliphatic heterocycles. The molecule has 0 aromatic heterocycles. The number of carbonyl (C=O) groups excluding carboxylic acids is 2. The molecule has 0 saturated carbocycles. The summed E-state index contributed by atoms with van der Waals surface area (Å²) in [5, 5.41) is 2.11. The molecule has 1 heterocycles. The Balaban J connectivity index is 0.00000289. The van der Waals surface area contributed by atoms with Gasteiger partial charge in [0.15, 0.2) is 0 Å². The number of piperidine rings is 1. The van der Waals surface area contributed by atoms with E-state index in [1.807, 2.05) is 6.92 Å². The van der Waals surface area contributed by atoms with Gasteiger partial charge in [-0.25, -0.2) is 4.79 Å². The van der Waals surface area contributed by atoms with Crippen LogP contribution in [-0.2, 0) is 4.79 Å². The highest BCUT2D eigenvalue weighted by atomic mass is 35.5. The summed E-state index contributed by atoms with van der Waals surface area (Å²) in [5.41, 5.74) is 10.8. The van der Waals surface area contributed by atoms with Crippen LogP contribution < -0.4 is 16.8 Å². The summed E-state index contributed by atoms with van der Waals surface area (Å²) >= 11 is 0. The summed E-state index contributed by atoms with van der Waals surface area (Å²) in [6.07, 6.45) is 2.12. The number of halogens is 1. The summed E-state index contributed by atoms with van der Waals surface area (Å²) in [5.74, 6) is 0.0652. The number of nitrogens with zero attached hydrogens (tertiary/aromatic N) is 1. The molecule has 1 rings (SSSR count). The van der Waals surface area contributed by atoms with Gasteiger partial charge in [0.1, 0.15) is 0 Å². The van der Waals surface area contributed by atoms with Crippen molar-refractivity contribution in [1.29, 1.82) is 0 Å². The van der Waals surface area contributed by atoms with Crippen molar-refractivity contribution in [3.63, 3.8) is 0 Å². The molecule has 0 bridgehead atoms. The average molecular weight is 279 g/mol. The van der Waals surface area contributed by atoms with Gasteiger partial charge in [0.25, 0.3) is 0 Å². The van der Waals surface area contributed by atoms with Gasteiger partial charge in [0.2, 0.25) is 5.91 Å². The van der Waals surface area contributed by atoms with Gasteiger partial charge in [-0.3, -0.25) is 15.0 Å². The van der Waals surface area contributed by atoms with Gasteiger partial charge in [-0.1, -0.05) is 0 Å². The molecule has 1 aliphatic rings. The Labute approximate surface area is 114 Å². The van der Waals surface area contributed by atoms with Crippen LogP contribution in [0.4, 0.5) is 4.79 Å². The Morgan fingerprint density at radius 2 is 2.00 bits per heavy atom. The molecule has 7 heteroatoms. The fraction of sp³-hybridized carbons (Fsp3) is 0.818. The normalized spacial score (nSPS) is 23.6. The second kappa shape index (κ2) is 7.56. The van der Waals surface area contributed by atoms with Crippen LogP contribution in [0.1, 0.15) is 26.7 Å². The van der Waals surface area contributed by atoms with E-state index in [9.17, 15) is 9.59 Å². The second-order valence-electron chi connectivity index (χ2n) is 4.79. The number of rotatable bonds is 3. The smallest absolute Gasteiger partial charge is 0.318 e. The minimum absolute atomic E-state index is 0. The zero-order valence-electron chi connectivity index (χ0n) is 10.9. The standard InChI is InChI=1S/C11H22N4O2.ClH/c1-7(12)9-4-3-5-15(6-9)8(2)10(16)14-11(13)17;/h7-9H,3-6,12H2,1-2H3,(H3,13,14,16,17);1H. The quantitative estimate of drug-likeness (QED) is 0.679. The summed E-state index contributed by atoms with van der Waals surface area (Å²) in [6.45, 7) is 5.42. The molecule has 106 valence electrons. The molecule has 6 nitrogen and oxygen atoms in total. The second-order valence-corrected chi connectivity index (χ2v) is 4.79. The third kappa shape index (κ3) is 4.80. The molecule has 18 heavy (non-hydrogen) atoms. The summed E-state index contributed by atoms with van der Waals surface area (Å²) in [6, 6.07) is -1.02. The first-order valence-corrected chi connectivity index (χ1v) is 6.01. The zero-order valence-corrected chi connectivity index (χ0v) is 11.7. The van der Waals surface area contributed by atoms with Gasteiger partial charge in [0, 0.05) is 12.6 Å². The van der Waals surface area contributed by atoms with Crippen molar-refractivity contribution < 1.29 is 9.59 Å². The van der Waals surface area contributed by atoms with Crippen molar-refractivity contribution in [2.24, 2.45) is 17.4 Å². The Morgan fingerprint density at radius 1 is 1.39 bits per heavy atom. The third-order valence-electron chi connectivity index (χ3n) is 3.41. The molecule has 3 atom stereocenters. The van der Waals surface area contributed by atoms with Crippen molar-refractivity contribution in [1.82, 2.24) is 10.2 Å². The molecule has 5 N–H and O–H groups in total. The molecule has 0 aromatic carbocycles. The number of nitrogens with two attached hydrogens (primary N) is 2. The van der Waals surface area contributed by atoms with Crippen LogP contribution in [0.3, 0.4) is 0 Å². The molecule has 0 radical (unpaired) electrons. The third-order valence-corrected chi connectivity index (χ3v) is 3.41. The van der Waals surface area contributed by atoms with Crippen LogP contribution in [0.2, 0.25) is 0 Å².